The summed E-state index contributed by atoms with van der Waals surface area (Å²) in [6, 6.07) is 1.95. The minimum Gasteiger partial charge on any atom is -0.357 e. The number of nitrogens with zero attached hydrogens (tertiary/aromatic N) is 3. The molecule has 0 spiro atoms. The SMILES string of the molecule is Cn1ccc(CC(=O)N2CCCN(C(=O)NCC(C)(C)C)CC2)c1. The monoisotopic (exact) mass is 334 g/mol. The van der Waals surface area contributed by atoms with Crippen molar-refractivity contribution in [1.29, 1.82) is 0 Å². The largest absolute Gasteiger partial charge is 0.357 e. The molecular formula is C18H30N4O2. The smallest absolute Gasteiger partial charge is 0.317 e. The number of carbonyl (C=O) groups is 2. The Morgan fingerprint density at radius 2 is 1.79 bits per heavy atom. The second-order valence-electron chi connectivity index (χ2n) is 7.80. The van der Waals surface area contributed by atoms with Gasteiger partial charge in [-0.05, 0) is 23.5 Å². The van der Waals surface area contributed by atoms with Gasteiger partial charge in [-0.1, -0.05) is 20.8 Å². The van der Waals surface area contributed by atoms with Crippen LogP contribution in [0.2, 0.25) is 0 Å². The maximum Gasteiger partial charge on any atom is 0.317 e. The van der Waals surface area contributed by atoms with Crippen molar-refractivity contribution in [3.63, 3.8) is 0 Å². The molecule has 0 saturated carbocycles. The summed E-state index contributed by atoms with van der Waals surface area (Å²) in [5.74, 6) is 0.137. The van der Waals surface area contributed by atoms with E-state index in [1.165, 1.54) is 0 Å². The third kappa shape index (κ3) is 5.58. The molecule has 1 aromatic heterocycles. The first-order valence-corrected chi connectivity index (χ1v) is 8.66. The van der Waals surface area contributed by atoms with Crippen molar-refractivity contribution in [3.8, 4) is 0 Å². The highest BCUT2D eigenvalue weighted by molar-refractivity contribution is 5.79. The average Bonchev–Trinajstić information content (AvgIpc) is 2.76. The minimum atomic E-state index is -0.0257. The Bertz CT molecular complexity index is 574. The topological polar surface area (TPSA) is 57.6 Å². The molecule has 134 valence electrons. The van der Waals surface area contributed by atoms with Gasteiger partial charge in [0.05, 0.1) is 6.42 Å². The first kappa shape index (κ1) is 18.4. The summed E-state index contributed by atoms with van der Waals surface area (Å²) in [6.45, 7) is 9.56. The van der Waals surface area contributed by atoms with E-state index in [0.29, 0.717) is 39.1 Å². The van der Waals surface area contributed by atoms with Gasteiger partial charge in [-0.2, -0.15) is 0 Å². The first-order chi connectivity index (χ1) is 11.2. The molecule has 2 rings (SSSR count). The van der Waals surface area contributed by atoms with Crippen molar-refractivity contribution in [2.45, 2.75) is 33.6 Å². The van der Waals surface area contributed by atoms with Crippen LogP contribution in [0.1, 0.15) is 32.8 Å². The van der Waals surface area contributed by atoms with Crippen molar-refractivity contribution < 1.29 is 9.59 Å². The maximum atomic E-state index is 12.5. The van der Waals surface area contributed by atoms with Crippen LogP contribution in [0.15, 0.2) is 18.5 Å². The molecule has 0 aliphatic carbocycles. The second-order valence-corrected chi connectivity index (χ2v) is 7.80. The number of carbonyl (C=O) groups excluding carboxylic acids is 2. The van der Waals surface area contributed by atoms with E-state index in [9.17, 15) is 9.59 Å². The number of amides is 3. The van der Waals surface area contributed by atoms with Gasteiger partial charge in [0.2, 0.25) is 5.91 Å². The molecule has 0 unspecified atom stereocenters. The molecule has 1 aliphatic rings. The zero-order valence-corrected chi connectivity index (χ0v) is 15.3. The molecule has 2 heterocycles. The van der Waals surface area contributed by atoms with Gasteiger partial charge >= 0.3 is 6.03 Å². The highest BCUT2D eigenvalue weighted by Gasteiger charge is 2.23. The molecule has 1 N–H and O–H groups in total. The molecule has 3 amide bonds. The fourth-order valence-electron chi connectivity index (χ4n) is 2.77. The van der Waals surface area contributed by atoms with Gasteiger partial charge < -0.3 is 19.7 Å². The van der Waals surface area contributed by atoms with Crippen LogP contribution in [-0.4, -0.2) is 59.0 Å². The Morgan fingerprint density at radius 3 is 2.42 bits per heavy atom. The summed E-state index contributed by atoms with van der Waals surface area (Å²) in [5, 5.41) is 2.99. The van der Waals surface area contributed by atoms with Gasteiger partial charge in [0.25, 0.3) is 0 Å². The average molecular weight is 334 g/mol. The van der Waals surface area contributed by atoms with E-state index < -0.39 is 0 Å². The van der Waals surface area contributed by atoms with E-state index >= 15 is 0 Å². The Kier molecular flexibility index (Phi) is 5.91. The fourth-order valence-corrected chi connectivity index (χ4v) is 2.77. The highest BCUT2D eigenvalue weighted by Crippen LogP contribution is 2.11. The Hall–Kier alpha value is -1.98. The number of hydrogen-bond acceptors (Lipinski definition) is 2. The molecule has 0 radical (unpaired) electrons. The predicted molar refractivity (Wildman–Crippen MR) is 94.7 cm³/mol. The minimum absolute atomic E-state index is 0.0257. The molecular weight excluding hydrogens is 304 g/mol. The number of urea groups is 1. The lowest BCUT2D eigenvalue weighted by atomic mass is 9.97. The van der Waals surface area contributed by atoms with Gasteiger partial charge in [-0.15, -0.1) is 0 Å². The third-order valence-corrected chi connectivity index (χ3v) is 4.15. The van der Waals surface area contributed by atoms with Gasteiger partial charge in [0, 0.05) is 52.2 Å². The summed E-state index contributed by atoms with van der Waals surface area (Å²) in [4.78, 5) is 28.4. The van der Waals surface area contributed by atoms with Gasteiger partial charge in [0.15, 0.2) is 0 Å². The number of rotatable bonds is 3. The van der Waals surface area contributed by atoms with Crippen molar-refractivity contribution >= 4 is 11.9 Å². The van der Waals surface area contributed by atoms with Crippen molar-refractivity contribution in [2.75, 3.05) is 32.7 Å². The lowest BCUT2D eigenvalue weighted by molar-refractivity contribution is -0.130. The van der Waals surface area contributed by atoms with Crippen LogP contribution < -0.4 is 5.32 Å². The van der Waals surface area contributed by atoms with Gasteiger partial charge in [-0.25, -0.2) is 4.79 Å². The van der Waals surface area contributed by atoms with Crippen LogP contribution in [0.25, 0.3) is 0 Å². The second kappa shape index (κ2) is 7.73. The fraction of sp³-hybridized carbons (Fsp3) is 0.667. The molecule has 6 heteroatoms. The van der Waals surface area contributed by atoms with Crippen LogP contribution in [0.3, 0.4) is 0 Å². The molecule has 1 fully saturated rings. The molecule has 0 bridgehead atoms. The lowest BCUT2D eigenvalue weighted by Gasteiger charge is -2.25. The highest BCUT2D eigenvalue weighted by atomic mass is 16.2. The molecule has 24 heavy (non-hydrogen) atoms. The standard InChI is InChI=1S/C18H30N4O2/c1-18(2,3)14-19-17(24)22-8-5-7-21(10-11-22)16(23)12-15-6-9-20(4)13-15/h6,9,13H,5,7-8,10-12,14H2,1-4H3,(H,19,24). The number of nitrogens with one attached hydrogen (secondary N) is 1. The molecule has 1 saturated heterocycles. The molecule has 0 aromatic carbocycles. The lowest BCUT2D eigenvalue weighted by Crippen LogP contribution is -2.45. The summed E-state index contributed by atoms with van der Waals surface area (Å²) >= 11 is 0. The molecule has 0 atom stereocenters. The summed E-state index contributed by atoms with van der Waals surface area (Å²) in [5.41, 5.74) is 1.10. The molecule has 1 aliphatic heterocycles. The van der Waals surface area contributed by atoms with Crippen LogP contribution in [0.5, 0.6) is 0 Å². The quantitative estimate of drug-likeness (QED) is 0.917. The predicted octanol–water partition coefficient (Wildman–Crippen LogP) is 1.86. The van der Waals surface area contributed by atoms with Gasteiger partial charge in [-0.3, -0.25) is 4.79 Å². The van der Waals surface area contributed by atoms with E-state index in [1.807, 2.05) is 39.9 Å². The Labute approximate surface area is 144 Å². The van der Waals surface area contributed by atoms with E-state index in [0.717, 1.165) is 12.0 Å². The van der Waals surface area contributed by atoms with Crippen LogP contribution in [0, 0.1) is 5.41 Å². The van der Waals surface area contributed by atoms with Crippen molar-refractivity contribution in [2.24, 2.45) is 12.5 Å². The van der Waals surface area contributed by atoms with Crippen LogP contribution in [-0.2, 0) is 18.3 Å². The molecule has 6 nitrogen and oxygen atoms in total. The van der Waals surface area contributed by atoms with E-state index in [4.69, 9.17) is 0 Å². The third-order valence-electron chi connectivity index (χ3n) is 4.15. The number of aryl methyl sites for hydroxylation is 1. The van der Waals surface area contributed by atoms with Crippen LogP contribution in [0.4, 0.5) is 4.79 Å². The van der Waals surface area contributed by atoms with E-state index in [1.54, 1.807) is 0 Å². The van der Waals surface area contributed by atoms with Crippen molar-refractivity contribution in [3.05, 3.63) is 24.0 Å². The normalized spacial score (nSPS) is 16.0. The van der Waals surface area contributed by atoms with Crippen molar-refractivity contribution in [1.82, 2.24) is 19.7 Å². The zero-order valence-electron chi connectivity index (χ0n) is 15.3. The first-order valence-electron chi connectivity index (χ1n) is 8.66. The van der Waals surface area contributed by atoms with Crippen LogP contribution >= 0.6 is 0 Å². The Balaban J connectivity index is 1.83. The number of hydrogen-bond donors (Lipinski definition) is 1. The van der Waals surface area contributed by atoms with E-state index in [-0.39, 0.29) is 17.4 Å². The maximum absolute atomic E-state index is 12.5. The van der Waals surface area contributed by atoms with Gasteiger partial charge in [0.1, 0.15) is 0 Å². The summed E-state index contributed by atoms with van der Waals surface area (Å²) in [6.07, 6.45) is 5.18. The Morgan fingerprint density at radius 1 is 1.12 bits per heavy atom. The summed E-state index contributed by atoms with van der Waals surface area (Å²) in [7, 11) is 1.95. The van der Waals surface area contributed by atoms with E-state index in [2.05, 4.69) is 26.1 Å². The zero-order chi connectivity index (χ0) is 17.7. The molecule has 1 aromatic rings. The summed E-state index contributed by atoms with van der Waals surface area (Å²) < 4.78 is 1.95. The number of aromatic nitrogens is 1.